The molecule has 0 aliphatic heterocycles. The van der Waals surface area contributed by atoms with Crippen molar-refractivity contribution in [1.82, 2.24) is 4.90 Å². The van der Waals surface area contributed by atoms with E-state index in [9.17, 15) is 9.90 Å². The van der Waals surface area contributed by atoms with Crippen molar-refractivity contribution in [3.8, 4) is 5.75 Å². The minimum atomic E-state index is -0.752. The van der Waals surface area contributed by atoms with Crippen LogP contribution in [0.15, 0.2) is 24.3 Å². The van der Waals surface area contributed by atoms with Crippen molar-refractivity contribution < 1.29 is 14.6 Å². The van der Waals surface area contributed by atoms with Crippen LogP contribution in [0.25, 0.3) is 0 Å². The van der Waals surface area contributed by atoms with E-state index < -0.39 is 5.60 Å². The summed E-state index contributed by atoms with van der Waals surface area (Å²) in [7, 11) is 3.48. The monoisotopic (exact) mass is 280 g/mol. The molecule has 0 aliphatic rings. The van der Waals surface area contributed by atoms with E-state index in [4.69, 9.17) is 4.74 Å². The van der Waals surface area contributed by atoms with Crippen LogP contribution >= 0.6 is 0 Å². The molecule has 1 amide bonds. The average Bonchev–Trinajstić information content (AvgIpc) is 2.34. The van der Waals surface area contributed by atoms with Gasteiger partial charge >= 0.3 is 0 Å². The third kappa shape index (κ3) is 6.54. The fraction of sp³-hybridized carbons (Fsp3) is 0.533. The zero-order chi connectivity index (χ0) is 15.2. The quantitative estimate of drug-likeness (QED) is 0.798. The van der Waals surface area contributed by atoms with E-state index >= 15 is 0 Å². The molecule has 5 nitrogen and oxygen atoms in total. The minimum Gasteiger partial charge on any atom is -0.497 e. The first-order valence-corrected chi connectivity index (χ1v) is 6.65. The van der Waals surface area contributed by atoms with Crippen molar-refractivity contribution in [1.29, 1.82) is 0 Å². The molecule has 5 heteroatoms. The molecular formula is C15H24N2O3. The molecular weight excluding hydrogens is 256 g/mol. The van der Waals surface area contributed by atoms with Crippen LogP contribution in [-0.2, 0) is 4.79 Å². The van der Waals surface area contributed by atoms with Crippen LogP contribution in [0.2, 0.25) is 0 Å². The number of nitrogens with zero attached hydrogens (tertiary/aromatic N) is 1. The molecule has 1 aromatic rings. The van der Waals surface area contributed by atoms with Crippen molar-refractivity contribution >= 4 is 11.6 Å². The molecule has 0 spiro atoms. The molecule has 1 rings (SSSR count). The number of hydrogen-bond acceptors (Lipinski definition) is 4. The largest absolute Gasteiger partial charge is 0.497 e. The molecule has 0 saturated carbocycles. The topological polar surface area (TPSA) is 61.8 Å². The van der Waals surface area contributed by atoms with Crippen LogP contribution in [0.1, 0.15) is 20.3 Å². The third-order valence-electron chi connectivity index (χ3n) is 2.73. The molecule has 1 aromatic carbocycles. The Labute approximate surface area is 120 Å². The number of anilines is 1. The van der Waals surface area contributed by atoms with Gasteiger partial charge in [0.05, 0.1) is 12.7 Å². The van der Waals surface area contributed by atoms with Crippen LogP contribution < -0.4 is 10.1 Å². The van der Waals surface area contributed by atoms with Gasteiger partial charge in [0.2, 0.25) is 5.91 Å². The lowest BCUT2D eigenvalue weighted by Gasteiger charge is -2.25. The molecule has 0 bridgehead atoms. The van der Waals surface area contributed by atoms with Gasteiger partial charge in [-0.05, 0) is 33.0 Å². The van der Waals surface area contributed by atoms with Crippen LogP contribution in [0, 0.1) is 0 Å². The number of methoxy groups -OCH3 is 1. The number of hydrogen-bond donors (Lipinski definition) is 2. The van der Waals surface area contributed by atoms with E-state index in [1.807, 2.05) is 30.1 Å². The van der Waals surface area contributed by atoms with Gasteiger partial charge in [-0.3, -0.25) is 4.79 Å². The summed E-state index contributed by atoms with van der Waals surface area (Å²) in [5, 5.41) is 12.5. The van der Waals surface area contributed by atoms with Gasteiger partial charge in [0, 0.05) is 31.3 Å². The highest BCUT2D eigenvalue weighted by molar-refractivity contribution is 5.90. The predicted molar refractivity (Wildman–Crippen MR) is 80.0 cm³/mol. The zero-order valence-electron chi connectivity index (χ0n) is 12.6. The molecule has 0 radical (unpaired) electrons. The summed E-state index contributed by atoms with van der Waals surface area (Å²) in [4.78, 5) is 13.8. The average molecular weight is 280 g/mol. The second-order valence-electron chi connectivity index (χ2n) is 5.58. The highest BCUT2D eigenvalue weighted by atomic mass is 16.5. The summed E-state index contributed by atoms with van der Waals surface area (Å²) in [5.74, 6) is 0.655. The van der Waals surface area contributed by atoms with E-state index in [2.05, 4.69) is 5.32 Å². The van der Waals surface area contributed by atoms with Crippen LogP contribution in [0.4, 0.5) is 5.69 Å². The van der Waals surface area contributed by atoms with Crippen molar-refractivity contribution in [3.63, 3.8) is 0 Å². The summed E-state index contributed by atoms with van der Waals surface area (Å²) in [5.41, 5.74) is -0.0302. The van der Waals surface area contributed by atoms with Gasteiger partial charge in [0.25, 0.3) is 0 Å². The molecule has 112 valence electrons. The highest BCUT2D eigenvalue weighted by Crippen LogP contribution is 2.16. The normalized spacial score (nSPS) is 11.5. The molecule has 0 unspecified atom stereocenters. The molecule has 0 aromatic heterocycles. The molecule has 0 fully saturated rings. The molecule has 0 saturated heterocycles. The van der Waals surface area contributed by atoms with E-state index in [0.717, 1.165) is 5.69 Å². The fourth-order valence-electron chi connectivity index (χ4n) is 1.96. The van der Waals surface area contributed by atoms with Gasteiger partial charge in [0.15, 0.2) is 0 Å². The summed E-state index contributed by atoms with van der Waals surface area (Å²) in [6.45, 7) is 4.62. The Morgan fingerprint density at radius 1 is 1.45 bits per heavy atom. The zero-order valence-corrected chi connectivity index (χ0v) is 12.6. The fourth-order valence-corrected chi connectivity index (χ4v) is 1.96. The minimum absolute atomic E-state index is 0.0548. The molecule has 0 heterocycles. The van der Waals surface area contributed by atoms with Crippen molar-refractivity contribution in [2.24, 2.45) is 0 Å². The number of benzene rings is 1. The lowest BCUT2D eigenvalue weighted by Crippen LogP contribution is -2.37. The first kappa shape index (κ1) is 16.5. The van der Waals surface area contributed by atoms with Crippen molar-refractivity contribution in [2.45, 2.75) is 25.9 Å². The SMILES string of the molecule is COc1cccc(NC(=O)CCN(C)CC(C)(C)O)c1. The Balaban J connectivity index is 2.40. The number of nitrogens with one attached hydrogen (secondary N) is 1. The number of rotatable bonds is 7. The van der Waals surface area contributed by atoms with E-state index in [0.29, 0.717) is 25.3 Å². The Morgan fingerprint density at radius 3 is 2.75 bits per heavy atom. The second kappa shape index (κ2) is 7.26. The molecule has 2 N–H and O–H groups in total. The lowest BCUT2D eigenvalue weighted by atomic mass is 10.1. The van der Waals surface area contributed by atoms with Crippen LogP contribution in [0.3, 0.4) is 0 Å². The first-order valence-electron chi connectivity index (χ1n) is 6.65. The number of likely N-dealkylation sites (N-methyl/N-ethyl adjacent to an activating group) is 1. The van der Waals surface area contributed by atoms with Crippen molar-refractivity contribution in [3.05, 3.63) is 24.3 Å². The van der Waals surface area contributed by atoms with Gasteiger partial charge in [-0.1, -0.05) is 6.07 Å². The number of carbonyl (C=O) groups excluding carboxylic acids is 1. The summed E-state index contributed by atoms with van der Waals surface area (Å²) >= 11 is 0. The maximum absolute atomic E-state index is 11.8. The predicted octanol–water partition coefficient (Wildman–Crippen LogP) is 1.73. The van der Waals surface area contributed by atoms with E-state index in [-0.39, 0.29) is 5.91 Å². The van der Waals surface area contributed by atoms with Gasteiger partial charge in [-0.2, -0.15) is 0 Å². The van der Waals surface area contributed by atoms with Crippen LogP contribution in [-0.4, -0.2) is 48.8 Å². The van der Waals surface area contributed by atoms with E-state index in [1.165, 1.54) is 0 Å². The number of aliphatic hydroxyl groups is 1. The lowest BCUT2D eigenvalue weighted by molar-refractivity contribution is -0.116. The smallest absolute Gasteiger partial charge is 0.225 e. The van der Waals surface area contributed by atoms with Gasteiger partial charge in [-0.15, -0.1) is 0 Å². The maximum atomic E-state index is 11.8. The van der Waals surface area contributed by atoms with Gasteiger partial charge in [0.1, 0.15) is 5.75 Å². The molecule has 20 heavy (non-hydrogen) atoms. The Bertz CT molecular complexity index is 441. The number of ether oxygens (including phenoxy) is 1. The van der Waals surface area contributed by atoms with Gasteiger partial charge < -0.3 is 20.1 Å². The Morgan fingerprint density at radius 2 is 2.15 bits per heavy atom. The number of carbonyl (C=O) groups is 1. The highest BCUT2D eigenvalue weighted by Gasteiger charge is 2.16. The third-order valence-corrected chi connectivity index (χ3v) is 2.73. The maximum Gasteiger partial charge on any atom is 0.225 e. The summed E-state index contributed by atoms with van der Waals surface area (Å²) < 4.78 is 5.10. The van der Waals surface area contributed by atoms with Crippen molar-refractivity contribution in [2.75, 3.05) is 32.6 Å². The van der Waals surface area contributed by atoms with E-state index in [1.54, 1.807) is 27.0 Å². The standard InChI is InChI=1S/C15H24N2O3/c1-15(2,19)11-17(3)9-8-14(18)16-12-6-5-7-13(10-12)20-4/h5-7,10,19H,8-9,11H2,1-4H3,(H,16,18). The first-order chi connectivity index (χ1) is 9.30. The Kier molecular flexibility index (Phi) is 5.98. The van der Waals surface area contributed by atoms with Gasteiger partial charge in [-0.25, -0.2) is 0 Å². The molecule has 0 aliphatic carbocycles. The molecule has 0 atom stereocenters. The summed E-state index contributed by atoms with van der Waals surface area (Å²) in [6.07, 6.45) is 0.379. The van der Waals surface area contributed by atoms with Crippen LogP contribution in [0.5, 0.6) is 5.75 Å². The number of amides is 1. The second-order valence-corrected chi connectivity index (χ2v) is 5.58. The summed E-state index contributed by atoms with van der Waals surface area (Å²) in [6, 6.07) is 7.25. The Hall–Kier alpha value is -1.59.